The molecule has 4 nitrogen and oxygen atoms in total. The molecule has 2 heterocycles. The number of carbonyl (C=O) groups is 1. The van der Waals surface area contributed by atoms with Gasteiger partial charge < -0.3 is 9.84 Å². The van der Waals surface area contributed by atoms with Crippen molar-refractivity contribution in [1.29, 1.82) is 0 Å². The number of aliphatic carboxylic acids is 1. The van der Waals surface area contributed by atoms with Crippen LogP contribution in [0.3, 0.4) is 0 Å². The van der Waals surface area contributed by atoms with E-state index in [4.69, 9.17) is 4.74 Å². The first-order valence-electron chi connectivity index (χ1n) is 6.82. The minimum Gasteiger partial charge on any atom is -0.480 e. The summed E-state index contributed by atoms with van der Waals surface area (Å²) in [5.74, 6) is -0.652. The van der Waals surface area contributed by atoms with E-state index in [0.29, 0.717) is 12.1 Å². The highest BCUT2D eigenvalue weighted by Crippen LogP contribution is 2.28. The molecular weight excluding hydrogens is 218 g/mol. The Bertz CT molecular complexity index is 267. The highest BCUT2D eigenvalue weighted by Gasteiger charge is 2.37. The number of nitrogens with zero attached hydrogens (tertiary/aromatic N) is 1. The summed E-state index contributed by atoms with van der Waals surface area (Å²) >= 11 is 0. The predicted octanol–water partition coefficient (Wildman–Crippen LogP) is 1.88. The molecule has 0 radical (unpaired) electrons. The SMILES string of the molecule is CCCC1CC(N2CCCC2C(=O)O)CCO1. The first kappa shape index (κ1) is 12.8. The second-order valence-electron chi connectivity index (χ2n) is 5.19. The van der Waals surface area contributed by atoms with Crippen LogP contribution in [0, 0.1) is 0 Å². The molecule has 4 heteroatoms. The number of rotatable bonds is 4. The lowest BCUT2D eigenvalue weighted by Gasteiger charge is -2.37. The highest BCUT2D eigenvalue weighted by atomic mass is 16.5. The number of likely N-dealkylation sites (tertiary alicyclic amines) is 1. The van der Waals surface area contributed by atoms with E-state index in [1.54, 1.807) is 0 Å². The maximum atomic E-state index is 11.2. The first-order chi connectivity index (χ1) is 8.22. The molecule has 0 amide bonds. The molecule has 1 N–H and O–H groups in total. The predicted molar refractivity (Wildman–Crippen MR) is 65.0 cm³/mol. The summed E-state index contributed by atoms with van der Waals surface area (Å²) in [5, 5.41) is 9.21. The standard InChI is InChI=1S/C13H23NO3/c1-2-4-11-9-10(6-8-17-11)14-7-3-5-12(14)13(15)16/h10-12H,2-9H2,1H3,(H,15,16). The molecule has 0 aromatic carbocycles. The van der Waals surface area contributed by atoms with Crippen molar-refractivity contribution >= 4 is 5.97 Å². The fourth-order valence-electron chi connectivity index (χ4n) is 3.18. The topological polar surface area (TPSA) is 49.8 Å². The van der Waals surface area contributed by atoms with Crippen molar-refractivity contribution in [3.8, 4) is 0 Å². The Balaban J connectivity index is 1.94. The largest absolute Gasteiger partial charge is 0.480 e. The number of carboxylic acid groups (broad SMARTS) is 1. The minimum absolute atomic E-state index is 0.250. The maximum Gasteiger partial charge on any atom is 0.320 e. The molecule has 0 bridgehead atoms. The fourth-order valence-corrected chi connectivity index (χ4v) is 3.18. The molecule has 2 rings (SSSR count). The monoisotopic (exact) mass is 241 g/mol. The number of carboxylic acids is 1. The fraction of sp³-hybridized carbons (Fsp3) is 0.923. The lowest BCUT2D eigenvalue weighted by molar-refractivity contribution is -0.144. The number of hydrogen-bond donors (Lipinski definition) is 1. The van der Waals surface area contributed by atoms with Crippen molar-refractivity contribution < 1.29 is 14.6 Å². The zero-order valence-electron chi connectivity index (χ0n) is 10.6. The quantitative estimate of drug-likeness (QED) is 0.816. The Morgan fingerprint density at radius 3 is 3.00 bits per heavy atom. The normalized spacial score (nSPS) is 35.0. The van der Waals surface area contributed by atoms with Crippen LogP contribution >= 0.6 is 0 Å². The summed E-state index contributed by atoms with van der Waals surface area (Å²) in [6.07, 6.45) is 6.41. The van der Waals surface area contributed by atoms with Gasteiger partial charge in [-0.2, -0.15) is 0 Å². The van der Waals surface area contributed by atoms with Gasteiger partial charge in [-0.3, -0.25) is 9.69 Å². The van der Waals surface area contributed by atoms with Gasteiger partial charge in [-0.1, -0.05) is 13.3 Å². The zero-order chi connectivity index (χ0) is 12.3. The number of ether oxygens (including phenoxy) is 1. The van der Waals surface area contributed by atoms with Crippen LogP contribution in [0.1, 0.15) is 45.4 Å². The van der Waals surface area contributed by atoms with E-state index in [1.165, 1.54) is 0 Å². The first-order valence-corrected chi connectivity index (χ1v) is 6.82. The lowest BCUT2D eigenvalue weighted by atomic mass is 9.98. The molecule has 0 saturated carbocycles. The molecule has 0 aliphatic carbocycles. The average molecular weight is 241 g/mol. The van der Waals surface area contributed by atoms with Crippen LogP contribution in [0.4, 0.5) is 0 Å². The Labute approximate surface area is 103 Å². The Morgan fingerprint density at radius 1 is 1.47 bits per heavy atom. The summed E-state index contributed by atoms with van der Waals surface area (Å²) in [5.41, 5.74) is 0. The molecule has 0 aromatic rings. The Morgan fingerprint density at radius 2 is 2.29 bits per heavy atom. The van der Waals surface area contributed by atoms with E-state index < -0.39 is 5.97 Å². The van der Waals surface area contributed by atoms with Crippen LogP contribution in [0.5, 0.6) is 0 Å². The molecule has 3 unspecified atom stereocenters. The smallest absolute Gasteiger partial charge is 0.320 e. The second-order valence-corrected chi connectivity index (χ2v) is 5.19. The van der Waals surface area contributed by atoms with Gasteiger partial charge in [-0.25, -0.2) is 0 Å². The van der Waals surface area contributed by atoms with Gasteiger partial charge in [0.25, 0.3) is 0 Å². The summed E-state index contributed by atoms with van der Waals surface area (Å²) in [7, 11) is 0. The summed E-state index contributed by atoms with van der Waals surface area (Å²) < 4.78 is 5.73. The van der Waals surface area contributed by atoms with Crippen LogP contribution in [0.2, 0.25) is 0 Å². The van der Waals surface area contributed by atoms with Crippen LogP contribution in [0.15, 0.2) is 0 Å². The van der Waals surface area contributed by atoms with E-state index in [0.717, 1.165) is 51.7 Å². The van der Waals surface area contributed by atoms with E-state index in [1.807, 2.05) is 0 Å². The van der Waals surface area contributed by atoms with Crippen molar-refractivity contribution in [3.63, 3.8) is 0 Å². The zero-order valence-corrected chi connectivity index (χ0v) is 10.6. The minimum atomic E-state index is -0.652. The van der Waals surface area contributed by atoms with Crippen LogP contribution in [-0.2, 0) is 9.53 Å². The summed E-state index contributed by atoms with van der Waals surface area (Å²) in [6, 6.07) is 0.171. The van der Waals surface area contributed by atoms with Gasteiger partial charge in [-0.15, -0.1) is 0 Å². The van der Waals surface area contributed by atoms with Gasteiger partial charge in [0.2, 0.25) is 0 Å². The van der Waals surface area contributed by atoms with E-state index in [2.05, 4.69) is 11.8 Å². The van der Waals surface area contributed by atoms with E-state index in [9.17, 15) is 9.90 Å². The van der Waals surface area contributed by atoms with Gasteiger partial charge in [-0.05, 0) is 38.6 Å². The highest BCUT2D eigenvalue weighted by molar-refractivity contribution is 5.73. The molecule has 98 valence electrons. The summed E-state index contributed by atoms with van der Waals surface area (Å²) in [6.45, 7) is 3.90. The van der Waals surface area contributed by atoms with Gasteiger partial charge in [0.15, 0.2) is 0 Å². The molecule has 3 atom stereocenters. The number of hydrogen-bond acceptors (Lipinski definition) is 3. The van der Waals surface area contributed by atoms with Crippen molar-refractivity contribution in [2.45, 2.75) is 63.6 Å². The molecule has 2 aliphatic rings. The third-order valence-corrected chi connectivity index (χ3v) is 4.00. The molecule has 2 saturated heterocycles. The molecule has 2 aliphatic heterocycles. The van der Waals surface area contributed by atoms with Gasteiger partial charge in [0, 0.05) is 12.6 Å². The molecular formula is C13H23NO3. The lowest BCUT2D eigenvalue weighted by Crippen LogP contribution is -2.47. The third-order valence-electron chi connectivity index (χ3n) is 4.00. The molecule has 0 aromatic heterocycles. The van der Waals surface area contributed by atoms with Crippen molar-refractivity contribution in [1.82, 2.24) is 4.90 Å². The Kier molecular flexibility index (Phi) is 4.40. The molecule has 0 spiro atoms. The third kappa shape index (κ3) is 2.99. The average Bonchev–Trinajstić information content (AvgIpc) is 2.79. The molecule has 17 heavy (non-hydrogen) atoms. The molecule has 2 fully saturated rings. The van der Waals surface area contributed by atoms with Gasteiger partial charge >= 0.3 is 5.97 Å². The van der Waals surface area contributed by atoms with Crippen LogP contribution in [0.25, 0.3) is 0 Å². The Hall–Kier alpha value is -0.610. The summed E-state index contributed by atoms with van der Waals surface area (Å²) in [4.78, 5) is 13.4. The van der Waals surface area contributed by atoms with Crippen LogP contribution < -0.4 is 0 Å². The maximum absolute atomic E-state index is 11.2. The van der Waals surface area contributed by atoms with Crippen molar-refractivity contribution in [2.75, 3.05) is 13.2 Å². The van der Waals surface area contributed by atoms with Gasteiger partial charge in [0.1, 0.15) is 6.04 Å². The second kappa shape index (κ2) is 5.83. The van der Waals surface area contributed by atoms with Crippen molar-refractivity contribution in [3.05, 3.63) is 0 Å². The van der Waals surface area contributed by atoms with E-state index in [-0.39, 0.29) is 6.04 Å². The van der Waals surface area contributed by atoms with E-state index >= 15 is 0 Å². The van der Waals surface area contributed by atoms with Crippen molar-refractivity contribution in [2.24, 2.45) is 0 Å². The van der Waals surface area contributed by atoms with Gasteiger partial charge in [0.05, 0.1) is 6.10 Å². The van der Waals surface area contributed by atoms with Crippen LogP contribution in [-0.4, -0.2) is 47.3 Å².